The third-order valence-electron chi connectivity index (χ3n) is 2.85. The molecule has 1 aromatic heterocycles. The number of ether oxygens (including phenoxy) is 1. The second-order valence-corrected chi connectivity index (χ2v) is 5.85. The van der Waals surface area contributed by atoms with Crippen molar-refractivity contribution in [2.75, 3.05) is 7.11 Å². The van der Waals surface area contributed by atoms with E-state index in [1.165, 1.54) is 12.7 Å². The lowest BCUT2D eigenvalue weighted by atomic mass is 10.1. The van der Waals surface area contributed by atoms with E-state index in [1.807, 2.05) is 34.6 Å². The van der Waals surface area contributed by atoms with E-state index in [9.17, 15) is 0 Å². The average molecular weight is 347 g/mol. The Morgan fingerprint density at radius 2 is 1.72 bits per heavy atom. The summed E-state index contributed by atoms with van der Waals surface area (Å²) in [5.74, 6) is 1.56. The Hall–Kier alpha value is -2.04. The third kappa shape index (κ3) is 8.05. The molecular weight excluding hydrogens is 312 g/mol. The zero-order valence-electron chi connectivity index (χ0n) is 17.2. The lowest BCUT2D eigenvalue weighted by Crippen LogP contribution is -2.10. The number of hydrogen-bond donors (Lipinski definition) is 0. The highest BCUT2D eigenvalue weighted by Gasteiger charge is 2.31. The fourth-order valence-electron chi connectivity index (χ4n) is 1.94. The highest BCUT2D eigenvalue weighted by Crippen LogP contribution is 2.42. The van der Waals surface area contributed by atoms with Gasteiger partial charge in [-0.15, -0.1) is 0 Å². The topological polar surface area (TPSA) is 59.7 Å². The van der Waals surface area contributed by atoms with Crippen molar-refractivity contribution in [2.45, 2.75) is 73.6 Å². The van der Waals surface area contributed by atoms with Gasteiger partial charge in [0.1, 0.15) is 11.9 Å². The number of methoxy groups -OCH3 is 1. The van der Waals surface area contributed by atoms with Crippen LogP contribution in [0.5, 0.6) is 5.88 Å². The Morgan fingerprint density at radius 3 is 2.12 bits per heavy atom. The van der Waals surface area contributed by atoms with Crippen LogP contribution in [0.25, 0.3) is 0 Å². The molecule has 0 unspecified atom stereocenters. The highest BCUT2D eigenvalue weighted by molar-refractivity contribution is 6.08. The molecule has 0 radical (unpaired) electrons. The van der Waals surface area contributed by atoms with Crippen molar-refractivity contribution in [3.8, 4) is 5.88 Å². The number of rotatable bonds is 4. The quantitative estimate of drug-likeness (QED) is 0.529. The maximum absolute atomic E-state index is 5.38. The van der Waals surface area contributed by atoms with E-state index in [1.54, 1.807) is 7.11 Å². The monoisotopic (exact) mass is 346 g/mol. The lowest BCUT2D eigenvalue weighted by molar-refractivity contribution is 0.395. The number of allylic oxidation sites excluding steroid dienone is 1. The van der Waals surface area contributed by atoms with E-state index in [2.05, 4.69) is 40.4 Å². The average Bonchev–Trinajstić information content (AvgIpc) is 3.40. The molecule has 0 amide bonds. The molecule has 0 saturated heterocycles. The Labute approximate surface area is 153 Å². The Balaban J connectivity index is 0.00000104. The van der Waals surface area contributed by atoms with Gasteiger partial charge in [-0.3, -0.25) is 0 Å². The van der Waals surface area contributed by atoms with Crippen molar-refractivity contribution in [1.29, 1.82) is 0 Å². The van der Waals surface area contributed by atoms with Gasteiger partial charge in [0.05, 0.1) is 12.8 Å². The molecule has 1 heterocycles. The fraction of sp³-hybridized carbons (Fsp3) is 0.600. The standard InChI is InChI=1S/C15H20N4O.C3H8.C2H6/c1-9(2)18-14(19-10(3)4)12-13(11-6-7-11)16-8-17-15(12)20-5;1-3-2;1-2/h8,11H,1,6-7H2,2-5H3;3H2,1-2H3;1-2H3. The van der Waals surface area contributed by atoms with Crippen LogP contribution in [0.4, 0.5) is 0 Å². The minimum Gasteiger partial charge on any atom is -0.480 e. The van der Waals surface area contributed by atoms with Gasteiger partial charge in [-0.05, 0) is 33.6 Å². The maximum atomic E-state index is 5.38. The van der Waals surface area contributed by atoms with Gasteiger partial charge >= 0.3 is 0 Å². The van der Waals surface area contributed by atoms with Crippen LogP contribution >= 0.6 is 0 Å². The summed E-state index contributed by atoms with van der Waals surface area (Å²) in [6.07, 6.45) is 5.07. The van der Waals surface area contributed by atoms with E-state index < -0.39 is 0 Å². The van der Waals surface area contributed by atoms with Gasteiger partial charge < -0.3 is 4.74 Å². The normalized spacial score (nSPS) is 12.9. The van der Waals surface area contributed by atoms with Crippen LogP contribution in [0, 0.1) is 0 Å². The summed E-state index contributed by atoms with van der Waals surface area (Å²) >= 11 is 0. The summed E-state index contributed by atoms with van der Waals surface area (Å²) in [6, 6.07) is 0. The number of aromatic nitrogens is 2. The van der Waals surface area contributed by atoms with Crippen LogP contribution < -0.4 is 4.74 Å². The van der Waals surface area contributed by atoms with Gasteiger partial charge in [-0.1, -0.05) is 40.7 Å². The second kappa shape index (κ2) is 12.3. The lowest BCUT2D eigenvalue weighted by Gasteiger charge is -2.11. The van der Waals surface area contributed by atoms with E-state index in [-0.39, 0.29) is 0 Å². The molecule has 0 atom stereocenters. The first-order valence-electron chi connectivity index (χ1n) is 9.09. The predicted octanol–water partition coefficient (Wildman–Crippen LogP) is 5.57. The van der Waals surface area contributed by atoms with Crippen LogP contribution in [-0.4, -0.2) is 28.6 Å². The van der Waals surface area contributed by atoms with Crippen molar-refractivity contribution in [3.63, 3.8) is 0 Å². The largest absolute Gasteiger partial charge is 0.480 e. The Morgan fingerprint density at radius 1 is 1.16 bits per heavy atom. The van der Waals surface area contributed by atoms with Gasteiger partial charge in [-0.2, -0.15) is 0 Å². The minimum atomic E-state index is 0.463. The van der Waals surface area contributed by atoms with Crippen LogP contribution in [0.2, 0.25) is 0 Å². The molecule has 1 aliphatic carbocycles. The molecule has 140 valence electrons. The molecule has 5 heteroatoms. The summed E-state index contributed by atoms with van der Waals surface area (Å²) in [7, 11) is 1.60. The molecule has 1 aliphatic rings. The SMILES string of the molecule is C=C(C)N=C(N=C(C)C)c1c(OC)ncnc1C1CC1.CC.CCC. The molecule has 1 aromatic rings. The van der Waals surface area contributed by atoms with E-state index in [0.717, 1.165) is 29.8 Å². The second-order valence-electron chi connectivity index (χ2n) is 5.85. The molecule has 1 fully saturated rings. The van der Waals surface area contributed by atoms with Crippen LogP contribution in [0.15, 0.2) is 28.6 Å². The molecule has 5 nitrogen and oxygen atoms in total. The molecule has 2 rings (SSSR count). The van der Waals surface area contributed by atoms with Gasteiger partial charge in [0.25, 0.3) is 0 Å². The zero-order chi connectivity index (χ0) is 19.4. The number of amidine groups is 1. The van der Waals surface area contributed by atoms with Crippen LogP contribution in [0.1, 0.15) is 84.9 Å². The summed E-state index contributed by atoms with van der Waals surface area (Å²) in [4.78, 5) is 17.6. The van der Waals surface area contributed by atoms with Crippen molar-refractivity contribution < 1.29 is 4.74 Å². The predicted molar refractivity (Wildman–Crippen MR) is 108 cm³/mol. The molecule has 25 heavy (non-hydrogen) atoms. The van der Waals surface area contributed by atoms with Crippen molar-refractivity contribution >= 4 is 11.5 Å². The van der Waals surface area contributed by atoms with Gasteiger partial charge in [-0.25, -0.2) is 20.0 Å². The number of nitrogens with zero attached hydrogens (tertiary/aromatic N) is 4. The summed E-state index contributed by atoms with van der Waals surface area (Å²) in [5, 5.41) is 0. The third-order valence-corrected chi connectivity index (χ3v) is 2.85. The van der Waals surface area contributed by atoms with E-state index in [4.69, 9.17) is 4.74 Å². The molecule has 0 bridgehead atoms. The Kier molecular flexibility index (Phi) is 11.3. The van der Waals surface area contributed by atoms with Crippen LogP contribution in [0.3, 0.4) is 0 Å². The smallest absolute Gasteiger partial charge is 0.227 e. The molecule has 0 spiro atoms. The Bertz CT molecular complexity index is 598. The van der Waals surface area contributed by atoms with Crippen LogP contribution in [-0.2, 0) is 0 Å². The van der Waals surface area contributed by atoms with Crippen molar-refractivity contribution in [2.24, 2.45) is 9.98 Å². The first-order valence-corrected chi connectivity index (χ1v) is 9.09. The molecular formula is C20H34N4O. The fourth-order valence-corrected chi connectivity index (χ4v) is 1.94. The zero-order valence-corrected chi connectivity index (χ0v) is 17.2. The van der Waals surface area contributed by atoms with Gasteiger partial charge in [0.15, 0.2) is 5.84 Å². The first-order chi connectivity index (χ1) is 11.9. The van der Waals surface area contributed by atoms with E-state index >= 15 is 0 Å². The first kappa shape index (κ1) is 23.0. The molecule has 0 aliphatic heterocycles. The highest BCUT2D eigenvalue weighted by atomic mass is 16.5. The summed E-state index contributed by atoms with van der Waals surface area (Å²) in [5.41, 5.74) is 3.37. The van der Waals surface area contributed by atoms with Gasteiger partial charge in [0, 0.05) is 17.3 Å². The van der Waals surface area contributed by atoms with Gasteiger partial charge in [0.2, 0.25) is 5.88 Å². The molecule has 0 aromatic carbocycles. The summed E-state index contributed by atoms with van der Waals surface area (Å²) in [6.45, 7) is 17.8. The van der Waals surface area contributed by atoms with Crippen molar-refractivity contribution in [3.05, 3.63) is 29.9 Å². The maximum Gasteiger partial charge on any atom is 0.227 e. The molecule has 1 saturated carbocycles. The molecule has 0 N–H and O–H groups in total. The van der Waals surface area contributed by atoms with Crippen molar-refractivity contribution in [1.82, 2.24) is 9.97 Å². The number of hydrogen-bond acceptors (Lipinski definition) is 4. The summed E-state index contributed by atoms with van der Waals surface area (Å²) < 4.78 is 5.38. The minimum absolute atomic E-state index is 0.463. The number of aliphatic imine (C=N–C) groups is 2. The van der Waals surface area contributed by atoms with E-state index in [0.29, 0.717) is 23.3 Å².